The molecule has 0 bridgehead atoms. The summed E-state index contributed by atoms with van der Waals surface area (Å²) in [5.74, 6) is 0.720. The molecule has 1 nitrogen and oxygen atoms in total. The first-order valence-electron chi connectivity index (χ1n) is 10.9. The molecular formula is C27H31Cl2NTi. The molecule has 0 saturated heterocycles. The Morgan fingerprint density at radius 3 is 2.19 bits per heavy atom. The average molecular weight is 488 g/mol. The third kappa shape index (κ3) is 3.97. The maximum absolute atomic E-state index is 3.92. The number of allylic oxidation sites excluding steroid dienone is 1. The topological polar surface area (TPSA) is 15.8 Å². The van der Waals surface area contributed by atoms with Gasteiger partial charge in [0.15, 0.2) is 0 Å². The summed E-state index contributed by atoms with van der Waals surface area (Å²) in [4.78, 5) is 3.92. The van der Waals surface area contributed by atoms with Gasteiger partial charge in [0.1, 0.15) is 0 Å². The van der Waals surface area contributed by atoms with Crippen LogP contribution in [0.25, 0.3) is 14.8 Å². The van der Waals surface area contributed by atoms with Crippen LogP contribution in [0, 0.1) is 0 Å². The first kappa shape index (κ1) is 24.7. The van der Waals surface area contributed by atoms with Gasteiger partial charge in [-0.15, -0.1) is 0 Å². The minimum absolute atomic E-state index is 0. The molecule has 3 aromatic rings. The molecule has 0 radical (unpaired) electrons. The van der Waals surface area contributed by atoms with Crippen molar-refractivity contribution in [2.75, 3.05) is 0 Å². The summed E-state index contributed by atoms with van der Waals surface area (Å²) in [6.07, 6.45) is 2.64. The van der Waals surface area contributed by atoms with Crippen molar-refractivity contribution in [1.29, 1.82) is 0 Å². The number of hydrogen-bond acceptors (Lipinski definition) is 0. The largest absolute Gasteiger partial charge is 1.00 e. The Bertz CT molecular complexity index is 1160. The fraction of sp³-hybridized carbons (Fsp3) is 0.407. The predicted molar refractivity (Wildman–Crippen MR) is 121 cm³/mol. The summed E-state index contributed by atoms with van der Waals surface area (Å²) in [5, 5.41) is 1.48. The maximum atomic E-state index is 3.92. The fourth-order valence-electron chi connectivity index (χ4n) is 5.27. The maximum Gasteiger partial charge on any atom is -1.00 e. The molecule has 0 aliphatic heterocycles. The number of hydrogen-bond donors (Lipinski definition) is 1. The van der Waals surface area contributed by atoms with Crippen molar-refractivity contribution in [1.82, 2.24) is 4.98 Å². The van der Waals surface area contributed by atoms with E-state index in [9.17, 15) is 0 Å². The zero-order valence-corrected chi connectivity index (χ0v) is 22.4. The van der Waals surface area contributed by atoms with E-state index in [2.05, 4.69) is 89.0 Å². The molecule has 0 spiro atoms. The molecule has 31 heavy (non-hydrogen) atoms. The van der Waals surface area contributed by atoms with Crippen LogP contribution in [0.2, 0.25) is 0 Å². The zero-order valence-electron chi connectivity index (χ0n) is 19.3. The van der Waals surface area contributed by atoms with E-state index in [0.717, 1.165) is 5.92 Å². The van der Waals surface area contributed by atoms with Gasteiger partial charge < -0.3 is 24.8 Å². The van der Waals surface area contributed by atoms with Crippen LogP contribution in [0.3, 0.4) is 0 Å². The summed E-state index contributed by atoms with van der Waals surface area (Å²) in [6.45, 7) is 14.2. The van der Waals surface area contributed by atoms with Crippen LogP contribution in [0.4, 0.5) is 0 Å². The summed E-state index contributed by atoms with van der Waals surface area (Å²) in [5.41, 5.74) is 9.52. The van der Waals surface area contributed by atoms with Crippen LogP contribution in [0.1, 0.15) is 82.6 Å². The molecule has 1 N–H and O–H groups in total. The monoisotopic (exact) mass is 487 g/mol. The average Bonchev–Trinajstić information content (AvgIpc) is 3.06. The second-order valence-corrected chi connectivity index (χ2v) is 12.8. The first-order valence-corrected chi connectivity index (χ1v) is 12.5. The number of benzene rings is 2. The van der Waals surface area contributed by atoms with Crippen molar-refractivity contribution in [2.24, 2.45) is 0 Å². The molecular weight excluding hydrogens is 457 g/mol. The molecule has 2 aliphatic rings. The van der Waals surface area contributed by atoms with Gasteiger partial charge in [0.05, 0.1) is 0 Å². The molecule has 1 unspecified atom stereocenters. The van der Waals surface area contributed by atoms with Gasteiger partial charge in [0.25, 0.3) is 0 Å². The van der Waals surface area contributed by atoms with E-state index < -0.39 is 19.2 Å². The fourth-order valence-corrected chi connectivity index (χ4v) is 8.22. The van der Waals surface area contributed by atoms with Crippen LogP contribution in [0.5, 0.6) is 0 Å². The Labute approximate surface area is 208 Å². The number of aromatic nitrogens is 1. The molecule has 5 rings (SSSR count). The summed E-state index contributed by atoms with van der Waals surface area (Å²) >= 11 is -0.416. The molecule has 4 heteroatoms. The number of halogens is 2. The van der Waals surface area contributed by atoms with E-state index in [1.807, 2.05) is 0 Å². The minimum Gasteiger partial charge on any atom is -1.00 e. The second kappa shape index (κ2) is 8.42. The Morgan fingerprint density at radius 2 is 1.58 bits per heavy atom. The summed E-state index contributed by atoms with van der Waals surface area (Å²) in [6, 6.07) is 16.0. The number of rotatable bonds is 2. The van der Waals surface area contributed by atoms with E-state index in [4.69, 9.17) is 0 Å². The van der Waals surface area contributed by atoms with Crippen LogP contribution in [0.15, 0.2) is 48.0 Å². The molecule has 1 saturated carbocycles. The molecule has 2 aliphatic carbocycles. The van der Waals surface area contributed by atoms with Gasteiger partial charge >= 0.3 is 184 Å². The Balaban J connectivity index is 0.00000136. The molecule has 2 aromatic carbocycles. The molecule has 1 atom stereocenters. The normalized spacial score (nSPS) is 17.3. The quantitative estimate of drug-likeness (QED) is 0.514. The van der Waals surface area contributed by atoms with Crippen molar-refractivity contribution in [2.45, 2.75) is 71.1 Å². The van der Waals surface area contributed by atoms with Gasteiger partial charge in [0, 0.05) is 0 Å². The van der Waals surface area contributed by atoms with Crippen molar-refractivity contribution in [3.8, 4) is 0 Å². The Kier molecular flexibility index (Phi) is 6.69. The van der Waals surface area contributed by atoms with E-state index in [1.165, 1.54) is 33.3 Å². The van der Waals surface area contributed by atoms with Crippen LogP contribution in [-0.2, 0) is 30.0 Å². The van der Waals surface area contributed by atoms with Crippen molar-refractivity contribution >= 4 is 18.8 Å². The van der Waals surface area contributed by atoms with E-state index in [1.54, 1.807) is 26.1 Å². The SMILES string of the molecule is CC(C)(C)c1cccc2[nH][c]([Ti+2][C]3=C4CCC4c4ccccc43)c(C(C)(C)C)c12.[Cl-].[Cl-]. The van der Waals surface area contributed by atoms with E-state index in [-0.39, 0.29) is 35.6 Å². The second-order valence-electron chi connectivity index (χ2n) is 10.8. The van der Waals surface area contributed by atoms with Crippen LogP contribution in [-0.4, -0.2) is 4.98 Å². The number of fused-ring (bicyclic) bond motifs is 4. The van der Waals surface area contributed by atoms with Crippen molar-refractivity contribution in [3.63, 3.8) is 0 Å². The first-order chi connectivity index (χ1) is 13.7. The molecule has 0 amide bonds. The van der Waals surface area contributed by atoms with E-state index >= 15 is 0 Å². The Hall–Kier alpha value is -0.986. The van der Waals surface area contributed by atoms with Gasteiger partial charge in [-0.05, 0) is 0 Å². The smallest absolute Gasteiger partial charge is 1.00 e. The number of H-pyrrole nitrogens is 1. The van der Waals surface area contributed by atoms with E-state index in [0.29, 0.717) is 0 Å². The van der Waals surface area contributed by atoms with Gasteiger partial charge in [-0.3, -0.25) is 0 Å². The van der Waals surface area contributed by atoms with Gasteiger partial charge in [-0.2, -0.15) is 0 Å². The number of nitrogens with one attached hydrogen (secondary N) is 1. The number of aromatic amines is 1. The van der Waals surface area contributed by atoms with Gasteiger partial charge in [-0.25, -0.2) is 0 Å². The van der Waals surface area contributed by atoms with Crippen LogP contribution >= 0.6 is 0 Å². The molecule has 1 fully saturated rings. The zero-order chi connectivity index (χ0) is 20.6. The van der Waals surface area contributed by atoms with Crippen LogP contribution < -0.4 is 28.8 Å². The minimum atomic E-state index is -0.416. The van der Waals surface area contributed by atoms with Gasteiger partial charge in [-0.1, -0.05) is 0 Å². The third-order valence-electron chi connectivity index (χ3n) is 6.68. The van der Waals surface area contributed by atoms with Gasteiger partial charge in [0.2, 0.25) is 0 Å². The summed E-state index contributed by atoms with van der Waals surface area (Å²) in [7, 11) is 0. The Morgan fingerprint density at radius 1 is 0.871 bits per heavy atom. The van der Waals surface area contributed by atoms with Crippen molar-refractivity contribution in [3.05, 3.63) is 70.3 Å². The summed E-state index contributed by atoms with van der Waals surface area (Å²) < 4.78 is 3.25. The molecule has 1 aromatic heterocycles. The third-order valence-corrected chi connectivity index (χ3v) is 8.97. The van der Waals surface area contributed by atoms with Crippen molar-refractivity contribution < 1.29 is 44.0 Å². The predicted octanol–water partition coefficient (Wildman–Crippen LogP) is 0.781. The standard InChI is InChI=1S/C16H22N.C11H9.2ClH.Ti/c1-15(2,3)11-8-7-9-13-14(11)12(10-17-13)16(4,5)6;1-2-4-10-8(3-1)7-9-5-6-11(9)10;;;/h7-9,17H,1-6H3;1-4,11H,5-6H2;2*1H;/q;;;;+2/p-2. The molecule has 1 heterocycles. The molecule has 162 valence electrons.